The number of hydrogen-bond donors (Lipinski definition) is 1. The highest BCUT2D eigenvalue weighted by Gasteiger charge is 2.15. The van der Waals surface area contributed by atoms with Crippen molar-refractivity contribution in [3.8, 4) is 11.3 Å². The number of benzene rings is 1. The van der Waals surface area contributed by atoms with Gasteiger partial charge in [0.05, 0.1) is 24.4 Å². The van der Waals surface area contributed by atoms with Gasteiger partial charge in [-0.1, -0.05) is 12.1 Å². The molecule has 1 aliphatic rings. The van der Waals surface area contributed by atoms with Crippen LogP contribution in [0.5, 0.6) is 0 Å². The summed E-state index contributed by atoms with van der Waals surface area (Å²) in [6.45, 7) is 4.90. The number of morpholine rings is 1. The second kappa shape index (κ2) is 8.50. The third-order valence-corrected chi connectivity index (χ3v) is 5.04. The molecule has 0 radical (unpaired) electrons. The molecule has 4 rings (SSSR count). The average Bonchev–Trinajstić information content (AvgIpc) is 2.77. The molecule has 0 aliphatic carbocycles. The van der Waals surface area contributed by atoms with Crippen molar-refractivity contribution in [3.63, 3.8) is 0 Å². The van der Waals surface area contributed by atoms with Crippen LogP contribution in [0.1, 0.15) is 6.42 Å². The Morgan fingerprint density at radius 3 is 2.61 bits per heavy atom. The minimum Gasteiger partial charge on any atom is -0.378 e. The van der Waals surface area contributed by atoms with Crippen molar-refractivity contribution in [1.82, 2.24) is 15.0 Å². The molecule has 0 bridgehead atoms. The lowest BCUT2D eigenvalue weighted by Gasteiger charge is -2.29. The molecule has 28 heavy (non-hydrogen) atoms. The van der Waals surface area contributed by atoms with E-state index < -0.39 is 0 Å². The zero-order valence-electron chi connectivity index (χ0n) is 16.2. The van der Waals surface area contributed by atoms with Gasteiger partial charge in [0, 0.05) is 50.3 Å². The van der Waals surface area contributed by atoms with E-state index in [1.807, 2.05) is 13.1 Å². The number of nitrogens with zero attached hydrogens (tertiary/aromatic N) is 5. The van der Waals surface area contributed by atoms with E-state index in [1.54, 1.807) is 12.4 Å². The molecule has 1 fully saturated rings. The van der Waals surface area contributed by atoms with Gasteiger partial charge in [0.15, 0.2) is 5.82 Å². The summed E-state index contributed by atoms with van der Waals surface area (Å²) >= 11 is 0. The first-order valence-corrected chi connectivity index (χ1v) is 9.72. The highest BCUT2D eigenvalue weighted by Crippen LogP contribution is 2.28. The van der Waals surface area contributed by atoms with Crippen molar-refractivity contribution in [2.45, 2.75) is 6.42 Å². The summed E-state index contributed by atoms with van der Waals surface area (Å²) < 4.78 is 5.44. The number of fused-ring (bicyclic) bond motifs is 1. The molecule has 3 aromatic rings. The summed E-state index contributed by atoms with van der Waals surface area (Å²) in [7, 11) is 2.03. The lowest BCUT2D eigenvalue weighted by Crippen LogP contribution is -2.36. The molecule has 1 saturated heterocycles. The zero-order chi connectivity index (χ0) is 19.3. The first kappa shape index (κ1) is 18.6. The SMILES string of the molecule is CN(CCCN)c1nc(-c2ccc(N3CCOCC3)cc2)cc2nccnc12. The van der Waals surface area contributed by atoms with Crippen LogP contribution >= 0.6 is 0 Å². The number of rotatable bonds is 6. The van der Waals surface area contributed by atoms with Crippen molar-refractivity contribution >= 4 is 22.5 Å². The average molecular weight is 378 g/mol. The van der Waals surface area contributed by atoms with Crippen LogP contribution in [0.25, 0.3) is 22.3 Å². The second-order valence-corrected chi connectivity index (χ2v) is 6.97. The zero-order valence-corrected chi connectivity index (χ0v) is 16.2. The van der Waals surface area contributed by atoms with Crippen LogP contribution in [-0.4, -0.2) is 61.4 Å². The highest BCUT2D eigenvalue weighted by molar-refractivity contribution is 5.89. The van der Waals surface area contributed by atoms with Gasteiger partial charge in [0.2, 0.25) is 0 Å². The van der Waals surface area contributed by atoms with E-state index in [4.69, 9.17) is 15.5 Å². The van der Waals surface area contributed by atoms with Gasteiger partial charge in [-0.3, -0.25) is 4.98 Å². The van der Waals surface area contributed by atoms with Crippen molar-refractivity contribution in [3.05, 3.63) is 42.7 Å². The Balaban J connectivity index is 1.68. The summed E-state index contributed by atoms with van der Waals surface area (Å²) in [5.41, 5.74) is 10.5. The van der Waals surface area contributed by atoms with Gasteiger partial charge in [0.25, 0.3) is 0 Å². The van der Waals surface area contributed by atoms with Gasteiger partial charge in [-0.05, 0) is 31.2 Å². The summed E-state index contributed by atoms with van der Waals surface area (Å²) in [5, 5.41) is 0. The Morgan fingerprint density at radius 2 is 1.86 bits per heavy atom. The summed E-state index contributed by atoms with van der Waals surface area (Å²) in [6, 6.07) is 10.6. The Hall–Kier alpha value is -2.77. The largest absolute Gasteiger partial charge is 0.378 e. The fraction of sp³-hybridized carbons (Fsp3) is 0.381. The standard InChI is InChI=1S/C21H26N6O/c1-26(10-2-7-22)21-20-19(23-8-9-24-20)15-18(25-21)16-3-5-17(6-4-16)27-11-13-28-14-12-27/h3-6,8-9,15H,2,7,10-14,22H2,1H3. The maximum absolute atomic E-state index is 5.68. The molecule has 0 unspecified atom stereocenters. The van der Waals surface area contributed by atoms with E-state index in [0.717, 1.165) is 67.4 Å². The molecule has 0 spiro atoms. The third-order valence-electron chi connectivity index (χ3n) is 5.04. The molecule has 0 atom stereocenters. The highest BCUT2D eigenvalue weighted by atomic mass is 16.5. The number of aromatic nitrogens is 3. The Morgan fingerprint density at radius 1 is 1.11 bits per heavy atom. The van der Waals surface area contributed by atoms with Crippen LogP contribution in [0.2, 0.25) is 0 Å². The summed E-state index contributed by atoms with van der Waals surface area (Å²) in [5.74, 6) is 0.839. The molecule has 2 aromatic heterocycles. The van der Waals surface area contributed by atoms with Gasteiger partial charge in [0.1, 0.15) is 5.52 Å². The van der Waals surface area contributed by atoms with Gasteiger partial charge in [-0.15, -0.1) is 0 Å². The van der Waals surface area contributed by atoms with Crippen LogP contribution in [-0.2, 0) is 4.74 Å². The Kier molecular flexibility index (Phi) is 5.64. The molecule has 7 nitrogen and oxygen atoms in total. The minimum atomic E-state index is 0.649. The molecule has 1 aromatic carbocycles. The maximum atomic E-state index is 5.68. The van der Waals surface area contributed by atoms with Gasteiger partial charge in [-0.2, -0.15) is 0 Å². The summed E-state index contributed by atoms with van der Waals surface area (Å²) in [4.78, 5) is 18.4. The number of ether oxygens (including phenoxy) is 1. The van der Waals surface area contributed by atoms with Gasteiger partial charge in [-0.25, -0.2) is 9.97 Å². The molecular formula is C21H26N6O. The first-order chi connectivity index (χ1) is 13.8. The fourth-order valence-electron chi connectivity index (χ4n) is 3.47. The molecule has 7 heteroatoms. The fourth-order valence-corrected chi connectivity index (χ4v) is 3.47. The lowest BCUT2D eigenvalue weighted by atomic mass is 10.1. The molecule has 2 N–H and O–H groups in total. The first-order valence-electron chi connectivity index (χ1n) is 9.72. The lowest BCUT2D eigenvalue weighted by molar-refractivity contribution is 0.122. The van der Waals surface area contributed by atoms with E-state index >= 15 is 0 Å². The number of hydrogen-bond acceptors (Lipinski definition) is 7. The monoisotopic (exact) mass is 378 g/mol. The second-order valence-electron chi connectivity index (χ2n) is 6.97. The predicted octanol–water partition coefficient (Wildman–Crippen LogP) is 2.31. The molecule has 1 aliphatic heterocycles. The molecule has 0 amide bonds. The van der Waals surface area contributed by atoms with E-state index in [0.29, 0.717) is 6.54 Å². The van der Waals surface area contributed by atoms with Crippen LogP contribution in [0, 0.1) is 0 Å². The van der Waals surface area contributed by atoms with Gasteiger partial charge >= 0.3 is 0 Å². The Bertz CT molecular complexity index is 924. The minimum absolute atomic E-state index is 0.649. The van der Waals surface area contributed by atoms with Crippen LogP contribution in [0.4, 0.5) is 11.5 Å². The van der Waals surface area contributed by atoms with Gasteiger partial charge < -0.3 is 20.3 Å². The maximum Gasteiger partial charge on any atom is 0.157 e. The van der Waals surface area contributed by atoms with E-state index in [9.17, 15) is 0 Å². The van der Waals surface area contributed by atoms with E-state index in [2.05, 4.69) is 44.0 Å². The number of anilines is 2. The van der Waals surface area contributed by atoms with Crippen molar-refractivity contribution < 1.29 is 4.74 Å². The smallest absolute Gasteiger partial charge is 0.157 e. The van der Waals surface area contributed by atoms with Crippen LogP contribution in [0.3, 0.4) is 0 Å². The topological polar surface area (TPSA) is 80.4 Å². The molecule has 0 saturated carbocycles. The number of pyridine rings is 1. The summed E-state index contributed by atoms with van der Waals surface area (Å²) in [6.07, 6.45) is 4.33. The van der Waals surface area contributed by atoms with Crippen LogP contribution in [0.15, 0.2) is 42.7 Å². The normalized spacial score (nSPS) is 14.4. The predicted molar refractivity (Wildman–Crippen MR) is 113 cm³/mol. The van der Waals surface area contributed by atoms with E-state index in [1.165, 1.54) is 5.69 Å². The third kappa shape index (κ3) is 3.90. The molecule has 3 heterocycles. The van der Waals surface area contributed by atoms with Crippen molar-refractivity contribution in [1.29, 1.82) is 0 Å². The van der Waals surface area contributed by atoms with Crippen LogP contribution < -0.4 is 15.5 Å². The Labute approximate surface area is 165 Å². The van der Waals surface area contributed by atoms with Crippen molar-refractivity contribution in [2.75, 3.05) is 56.2 Å². The van der Waals surface area contributed by atoms with Crippen molar-refractivity contribution in [2.24, 2.45) is 5.73 Å². The van der Waals surface area contributed by atoms with E-state index in [-0.39, 0.29) is 0 Å². The molecular weight excluding hydrogens is 352 g/mol. The quantitative estimate of drug-likeness (QED) is 0.705. The number of nitrogens with two attached hydrogens (primary N) is 1. The molecule has 146 valence electrons.